The summed E-state index contributed by atoms with van der Waals surface area (Å²) in [6, 6.07) is 7.57. The van der Waals surface area contributed by atoms with Crippen molar-refractivity contribution in [3.05, 3.63) is 54.1 Å². The minimum atomic E-state index is -0.476. The van der Waals surface area contributed by atoms with Crippen LogP contribution in [0.1, 0.15) is 23.0 Å². The van der Waals surface area contributed by atoms with E-state index in [1.54, 1.807) is 38.7 Å². The number of carbonyl (C=O) groups excluding carboxylic acids is 1. The number of rotatable bonds is 6. The number of pyridine rings is 1. The van der Waals surface area contributed by atoms with Gasteiger partial charge in [0.15, 0.2) is 5.69 Å². The van der Waals surface area contributed by atoms with Crippen molar-refractivity contribution in [3.63, 3.8) is 0 Å². The molecule has 8 heteroatoms. The zero-order chi connectivity index (χ0) is 19.5. The molecule has 8 nitrogen and oxygen atoms in total. The molecule has 0 aliphatic carbocycles. The lowest BCUT2D eigenvalue weighted by molar-refractivity contribution is 0.0514. The second-order valence-corrected chi connectivity index (χ2v) is 5.99. The van der Waals surface area contributed by atoms with Crippen molar-refractivity contribution in [2.45, 2.75) is 13.5 Å². The summed E-state index contributed by atoms with van der Waals surface area (Å²) in [7, 11) is 1.57. The van der Waals surface area contributed by atoms with E-state index in [1.807, 2.05) is 18.2 Å². The Balaban J connectivity index is 1.88. The monoisotopic (exact) mass is 378 g/mol. The number of esters is 1. The SMILES string of the molecule is CCOC(=O)c1ncc2[nH]c3ccc(Oc4ncccn4)cc3c2c1COC. The maximum atomic E-state index is 12.4. The van der Waals surface area contributed by atoms with Gasteiger partial charge in [0.25, 0.3) is 0 Å². The Labute approximate surface area is 160 Å². The summed E-state index contributed by atoms with van der Waals surface area (Å²) in [5.41, 5.74) is 2.59. The smallest absolute Gasteiger partial charge is 0.357 e. The van der Waals surface area contributed by atoms with Crippen LogP contribution >= 0.6 is 0 Å². The van der Waals surface area contributed by atoms with Gasteiger partial charge in [-0.1, -0.05) is 0 Å². The second kappa shape index (κ2) is 7.61. The van der Waals surface area contributed by atoms with Crippen molar-refractivity contribution >= 4 is 27.8 Å². The summed E-state index contributed by atoms with van der Waals surface area (Å²) in [6.45, 7) is 2.25. The third-order valence-corrected chi connectivity index (χ3v) is 4.22. The molecule has 1 N–H and O–H groups in total. The van der Waals surface area contributed by atoms with Crippen LogP contribution in [-0.2, 0) is 16.1 Å². The Morgan fingerprint density at radius 3 is 2.71 bits per heavy atom. The molecule has 142 valence electrons. The number of hydrogen-bond acceptors (Lipinski definition) is 7. The molecule has 0 radical (unpaired) electrons. The van der Waals surface area contributed by atoms with E-state index in [0.29, 0.717) is 11.3 Å². The van der Waals surface area contributed by atoms with Gasteiger partial charge in [-0.05, 0) is 31.2 Å². The van der Waals surface area contributed by atoms with E-state index in [9.17, 15) is 4.79 Å². The van der Waals surface area contributed by atoms with Gasteiger partial charge >= 0.3 is 12.0 Å². The normalized spacial score (nSPS) is 11.1. The lowest BCUT2D eigenvalue weighted by atomic mass is 10.1. The molecule has 0 aliphatic heterocycles. The van der Waals surface area contributed by atoms with Crippen molar-refractivity contribution in [1.29, 1.82) is 0 Å². The van der Waals surface area contributed by atoms with Gasteiger partial charge in [-0.25, -0.2) is 19.7 Å². The van der Waals surface area contributed by atoms with Gasteiger partial charge in [0, 0.05) is 41.4 Å². The largest absolute Gasteiger partial charge is 0.461 e. The Morgan fingerprint density at radius 1 is 1.14 bits per heavy atom. The van der Waals surface area contributed by atoms with Crippen LogP contribution in [0.4, 0.5) is 0 Å². The number of aromatic amines is 1. The molecular weight excluding hydrogens is 360 g/mol. The first kappa shape index (κ1) is 17.9. The van der Waals surface area contributed by atoms with E-state index in [1.165, 1.54) is 0 Å². The summed E-state index contributed by atoms with van der Waals surface area (Å²) < 4.78 is 16.2. The number of ether oxygens (including phenoxy) is 3. The number of fused-ring (bicyclic) bond motifs is 3. The van der Waals surface area contributed by atoms with Gasteiger partial charge in [-0.15, -0.1) is 0 Å². The van der Waals surface area contributed by atoms with Gasteiger partial charge in [-0.2, -0.15) is 0 Å². The fraction of sp³-hybridized carbons (Fsp3) is 0.200. The van der Waals surface area contributed by atoms with E-state index in [2.05, 4.69) is 19.9 Å². The van der Waals surface area contributed by atoms with E-state index >= 15 is 0 Å². The lowest BCUT2D eigenvalue weighted by Gasteiger charge is -2.09. The number of aromatic nitrogens is 4. The molecule has 0 atom stereocenters. The fourth-order valence-electron chi connectivity index (χ4n) is 3.11. The van der Waals surface area contributed by atoms with Crippen molar-refractivity contribution in [3.8, 4) is 11.8 Å². The topological polar surface area (TPSA) is 99.2 Å². The number of nitrogens with one attached hydrogen (secondary N) is 1. The second-order valence-electron chi connectivity index (χ2n) is 5.99. The van der Waals surface area contributed by atoms with Gasteiger partial charge < -0.3 is 19.2 Å². The summed E-state index contributed by atoms with van der Waals surface area (Å²) in [6.07, 6.45) is 4.85. The van der Waals surface area contributed by atoms with E-state index in [4.69, 9.17) is 14.2 Å². The molecule has 0 bridgehead atoms. The van der Waals surface area contributed by atoms with Crippen molar-refractivity contribution in [1.82, 2.24) is 19.9 Å². The first-order valence-electron chi connectivity index (χ1n) is 8.75. The quantitative estimate of drug-likeness (QED) is 0.512. The van der Waals surface area contributed by atoms with Crippen molar-refractivity contribution < 1.29 is 19.0 Å². The van der Waals surface area contributed by atoms with Gasteiger partial charge in [0.05, 0.1) is 24.9 Å². The molecule has 0 unspecified atom stereocenters. The number of carbonyl (C=O) groups is 1. The van der Waals surface area contributed by atoms with Crippen LogP contribution in [0.2, 0.25) is 0 Å². The molecule has 0 amide bonds. The lowest BCUT2D eigenvalue weighted by Crippen LogP contribution is -2.11. The molecule has 3 aromatic heterocycles. The molecule has 0 spiro atoms. The minimum absolute atomic E-state index is 0.221. The maximum absolute atomic E-state index is 12.4. The average molecular weight is 378 g/mol. The summed E-state index contributed by atoms with van der Waals surface area (Å²) in [5.74, 6) is 0.105. The van der Waals surface area contributed by atoms with E-state index in [-0.39, 0.29) is 24.9 Å². The molecule has 4 rings (SSSR count). The van der Waals surface area contributed by atoms with Crippen LogP contribution in [-0.4, -0.2) is 39.6 Å². The Kier molecular flexibility index (Phi) is 4.86. The molecular formula is C20H18N4O4. The van der Waals surface area contributed by atoms with Crippen LogP contribution in [0.15, 0.2) is 42.9 Å². The van der Waals surface area contributed by atoms with Gasteiger partial charge in [0.2, 0.25) is 0 Å². The molecule has 0 fully saturated rings. The first-order valence-corrected chi connectivity index (χ1v) is 8.75. The average Bonchev–Trinajstić information content (AvgIpc) is 3.07. The summed E-state index contributed by atoms with van der Waals surface area (Å²) >= 11 is 0. The highest BCUT2D eigenvalue weighted by Crippen LogP contribution is 2.33. The van der Waals surface area contributed by atoms with Crippen LogP contribution < -0.4 is 4.74 Å². The highest BCUT2D eigenvalue weighted by Gasteiger charge is 2.20. The highest BCUT2D eigenvalue weighted by atomic mass is 16.5. The number of benzene rings is 1. The van der Waals surface area contributed by atoms with E-state index in [0.717, 1.165) is 21.8 Å². The Hall–Kier alpha value is -3.52. The number of methoxy groups -OCH3 is 1. The number of nitrogens with zero attached hydrogens (tertiary/aromatic N) is 3. The molecule has 0 saturated heterocycles. The van der Waals surface area contributed by atoms with Crippen molar-refractivity contribution in [2.75, 3.05) is 13.7 Å². The summed E-state index contributed by atoms with van der Waals surface area (Å²) in [4.78, 5) is 28.1. The third-order valence-electron chi connectivity index (χ3n) is 4.22. The Morgan fingerprint density at radius 2 is 1.96 bits per heavy atom. The fourth-order valence-corrected chi connectivity index (χ4v) is 3.11. The zero-order valence-electron chi connectivity index (χ0n) is 15.4. The van der Waals surface area contributed by atoms with Gasteiger partial charge in [0.1, 0.15) is 5.75 Å². The Bertz CT molecular complexity index is 1140. The zero-order valence-corrected chi connectivity index (χ0v) is 15.4. The summed E-state index contributed by atoms with van der Waals surface area (Å²) in [5, 5.41) is 1.72. The first-order chi connectivity index (χ1) is 13.7. The highest BCUT2D eigenvalue weighted by molar-refractivity contribution is 6.11. The number of H-pyrrole nitrogens is 1. The third kappa shape index (κ3) is 3.25. The van der Waals surface area contributed by atoms with Crippen LogP contribution in [0.5, 0.6) is 11.8 Å². The predicted molar refractivity (Wildman–Crippen MR) is 102 cm³/mol. The standard InChI is InChI=1S/C20H18N4O4/c1-3-27-19(25)18-14(11-26-2)17-13-9-12(28-20-21-7-4-8-22-20)5-6-15(13)24-16(17)10-23-18/h4-10,24H,3,11H2,1-2H3. The molecule has 28 heavy (non-hydrogen) atoms. The maximum Gasteiger partial charge on any atom is 0.357 e. The minimum Gasteiger partial charge on any atom is -0.461 e. The van der Waals surface area contributed by atoms with Gasteiger partial charge in [-0.3, -0.25) is 0 Å². The number of hydrogen-bond donors (Lipinski definition) is 1. The van der Waals surface area contributed by atoms with Crippen molar-refractivity contribution in [2.24, 2.45) is 0 Å². The molecule has 0 saturated carbocycles. The molecule has 4 aromatic rings. The van der Waals surface area contributed by atoms with Crippen LogP contribution in [0, 0.1) is 0 Å². The van der Waals surface area contributed by atoms with E-state index < -0.39 is 5.97 Å². The predicted octanol–water partition coefficient (Wildman–Crippen LogP) is 3.62. The van der Waals surface area contributed by atoms with Crippen LogP contribution in [0.3, 0.4) is 0 Å². The molecule has 1 aromatic carbocycles. The molecule has 0 aliphatic rings. The molecule has 3 heterocycles. The van der Waals surface area contributed by atoms with Crippen LogP contribution in [0.25, 0.3) is 21.8 Å².